The maximum Gasteiger partial charge on any atom is 0.0579 e. The van der Waals surface area contributed by atoms with Crippen molar-refractivity contribution in [1.29, 1.82) is 0 Å². The van der Waals surface area contributed by atoms with E-state index in [-0.39, 0.29) is 6.10 Å². The van der Waals surface area contributed by atoms with Crippen LogP contribution in [0.25, 0.3) is 0 Å². The lowest BCUT2D eigenvalue weighted by Gasteiger charge is -2.40. The lowest BCUT2D eigenvalue weighted by atomic mass is 9.88. The van der Waals surface area contributed by atoms with Gasteiger partial charge in [0.05, 0.1) is 6.10 Å². The Morgan fingerprint density at radius 1 is 1.45 bits per heavy atom. The molecule has 0 atom stereocenters. The van der Waals surface area contributed by atoms with Crippen molar-refractivity contribution in [2.24, 2.45) is 0 Å². The van der Waals surface area contributed by atoms with Crippen LogP contribution in [0.15, 0.2) is 12.3 Å². The van der Waals surface area contributed by atoms with Gasteiger partial charge in [0.25, 0.3) is 0 Å². The SMILES string of the molecule is C=C1CCCN1C1CC(O)C1. The second-order valence-corrected chi connectivity index (χ2v) is 3.64. The smallest absolute Gasteiger partial charge is 0.0579 e. The van der Waals surface area contributed by atoms with E-state index in [0.29, 0.717) is 6.04 Å². The average molecular weight is 153 g/mol. The Bertz CT molecular complexity index is 172. The summed E-state index contributed by atoms with van der Waals surface area (Å²) in [5, 5.41) is 9.11. The number of allylic oxidation sites excluding steroid dienone is 1. The van der Waals surface area contributed by atoms with E-state index in [1.54, 1.807) is 0 Å². The lowest BCUT2D eigenvalue weighted by molar-refractivity contribution is 0.0214. The molecule has 0 aromatic heterocycles. The van der Waals surface area contributed by atoms with E-state index >= 15 is 0 Å². The topological polar surface area (TPSA) is 23.5 Å². The van der Waals surface area contributed by atoms with Crippen molar-refractivity contribution in [3.8, 4) is 0 Å². The third-order valence-electron chi connectivity index (χ3n) is 2.80. The van der Waals surface area contributed by atoms with Crippen LogP contribution in [-0.4, -0.2) is 28.7 Å². The van der Waals surface area contributed by atoms with Crippen LogP contribution in [-0.2, 0) is 0 Å². The maximum absolute atomic E-state index is 9.11. The number of rotatable bonds is 1. The molecule has 1 N–H and O–H groups in total. The summed E-state index contributed by atoms with van der Waals surface area (Å²) in [5.41, 5.74) is 1.28. The minimum atomic E-state index is -0.0339. The van der Waals surface area contributed by atoms with Crippen LogP contribution in [0, 0.1) is 0 Å². The number of hydrogen-bond acceptors (Lipinski definition) is 2. The second kappa shape index (κ2) is 2.52. The minimum Gasteiger partial charge on any atom is -0.393 e. The molecule has 1 saturated heterocycles. The van der Waals surface area contributed by atoms with Crippen molar-refractivity contribution in [2.75, 3.05) is 6.54 Å². The van der Waals surface area contributed by atoms with Crippen molar-refractivity contribution in [2.45, 2.75) is 37.8 Å². The van der Waals surface area contributed by atoms with Gasteiger partial charge >= 0.3 is 0 Å². The third kappa shape index (κ3) is 1.16. The monoisotopic (exact) mass is 153 g/mol. The molecule has 0 bridgehead atoms. The zero-order valence-electron chi connectivity index (χ0n) is 6.79. The van der Waals surface area contributed by atoms with E-state index in [0.717, 1.165) is 25.8 Å². The molecule has 1 saturated carbocycles. The van der Waals surface area contributed by atoms with Crippen LogP contribution >= 0.6 is 0 Å². The highest BCUT2D eigenvalue weighted by atomic mass is 16.3. The number of hydrogen-bond donors (Lipinski definition) is 1. The Morgan fingerprint density at radius 2 is 2.18 bits per heavy atom. The first-order chi connectivity index (χ1) is 5.27. The molecule has 1 aliphatic carbocycles. The quantitative estimate of drug-likeness (QED) is 0.610. The number of nitrogens with zero attached hydrogens (tertiary/aromatic N) is 1. The fourth-order valence-corrected chi connectivity index (χ4v) is 2.01. The first kappa shape index (κ1) is 7.17. The van der Waals surface area contributed by atoms with Crippen LogP contribution in [0.5, 0.6) is 0 Å². The van der Waals surface area contributed by atoms with Crippen molar-refractivity contribution < 1.29 is 5.11 Å². The van der Waals surface area contributed by atoms with Gasteiger partial charge in [0.15, 0.2) is 0 Å². The van der Waals surface area contributed by atoms with Crippen LogP contribution in [0.1, 0.15) is 25.7 Å². The Morgan fingerprint density at radius 3 is 2.64 bits per heavy atom. The lowest BCUT2D eigenvalue weighted by Crippen LogP contribution is -2.44. The molecular weight excluding hydrogens is 138 g/mol. The number of aliphatic hydroxyl groups is 1. The molecule has 0 amide bonds. The molecule has 1 aliphatic heterocycles. The van der Waals surface area contributed by atoms with Gasteiger partial charge in [-0.25, -0.2) is 0 Å². The Balaban J connectivity index is 1.90. The molecule has 2 nitrogen and oxygen atoms in total. The summed E-state index contributed by atoms with van der Waals surface area (Å²) in [6.45, 7) is 5.17. The predicted molar refractivity (Wildman–Crippen MR) is 44.1 cm³/mol. The fourth-order valence-electron chi connectivity index (χ4n) is 2.01. The first-order valence-electron chi connectivity index (χ1n) is 4.40. The molecule has 2 aliphatic rings. The summed E-state index contributed by atoms with van der Waals surface area (Å²) in [6.07, 6.45) is 4.30. The summed E-state index contributed by atoms with van der Waals surface area (Å²) in [7, 11) is 0. The van der Waals surface area contributed by atoms with E-state index in [1.165, 1.54) is 12.1 Å². The minimum absolute atomic E-state index is 0.0339. The summed E-state index contributed by atoms with van der Waals surface area (Å²) >= 11 is 0. The van der Waals surface area contributed by atoms with E-state index in [4.69, 9.17) is 5.11 Å². The molecule has 62 valence electrons. The van der Waals surface area contributed by atoms with E-state index in [2.05, 4.69) is 11.5 Å². The van der Waals surface area contributed by atoms with Crippen LogP contribution in [0.3, 0.4) is 0 Å². The molecule has 0 radical (unpaired) electrons. The van der Waals surface area contributed by atoms with Crippen molar-refractivity contribution in [1.82, 2.24) is 4.90 Å². The highest BCUT2D eigenvalue weighted by Gasteiger charge is 2.34. The predicted octanol–water partition coefficient (Wildman–Crippen LogP) is 1.12. The van der Waals surface area contributed by atoms with Crippen LogP contribution < -0.4 is 0 Å². The Labute approximate surface area is 67.5 Å². The molecule has 0 aromatic rings. The Hall–Kier alpha value is -0.500. The normalized spacial score (nSPS) is 37.5. The molecular formula is C9H15NO. The van der Waals surface area contributed by atoms with Gasteiger partial charge in [0, 0.05) is 18.3 Å². The fraction of sp³-hybridized carbons (Fsp3) is 0.778. The largest absolute Gasteiger partial charge is 0.393 e. The molecule has 2 heteroatoms. The maximum atomic E-state index is 9.11. The van der Waals surface area contributed by atoms with Gasteiger partial charge in [-0.2, -0.15) is 0 Å². The van der Waals surface area contributed by atoms with Gasteiger partial charge < -0.3 is 10.0 Å². The van der Waals surface area contributed by atoms with E-state index in [1.807, 2.05) is 0 Å². The first-order valence-corrected chi connectivity index (χ1v) is 4.40. The average Bonchev–Trinajstić information content (AvgIpc) is 2.29. The Kier molecular flexibility index (Phi) is 1.64. The molecule has 0 unspecified atom stereocenters. The summed E-state index contributed by atoms with van der Waals surface area (Å²) < 4.78 is 0. The van der Waals surface area contributed by atoms with Crippen molar-refractivity contribution in [3.05, 3.63) is 12.3 Å². The van der Waals surface area contributed by atoms with E-state index < -0.39 is 0 Å². The highest BCUT2D eigenvalue weighted by molar-refractivity contribution is 5.05. The summed E-state index contributed by atoms with van der Waals surface area (Å²) in [4.78, 5) is 2.37. The highest BCUT2D eigenvalue weighted by Crippen LogP contribution is 2.32. The van der Waals surface area contributed by atoms with Gasteiger partial charge in [-0.3, -0.25) is 0 Å². The number of likely N-dealkylation sites (tertiary alicyclic amines) is 1. The van der Waals surface area contributed by atoms with Gasteiger partial charge in [0.1, 0.15) is 0 Å². The molecule has 2 fully saturated rings. The molecule has 0 aromatic carbocycles. The van der Waals surface area contributed by atoms with Crippen LogP contribution in [0.4, 0.5) is 0 Å². The molecule has 2 rings (SSSR count). The van der Waals surface area contributed by atoms with Gasteiger partial charge in [0.2, 0.25) is 0 Å². The van der Waals surface area contributed by atoms with Gasteiger partial charge in [-0.15, -0.1) is 0 Å². The number of aliphatic hydroxyl groups excluding tert-OH is 1. The van der Waals surface area contributed by atoms with E-state index in [9.17, 15) is 0 Å². The molecule has 0 spiro atoms. The molecule has 11 heavy (non-hydrogen) atoms. The second-order valence-electron chi connectivity index (χ2n) is 3.64. The summed E-state index contributed by atoms with van der Waals surface area (Å²) in [6, 6.07) is 0.611. The molecule has 1 heterocycles. The van der Waals surface area contributed by atoms with Crippen molar-refractivity contribution in [3.63, 3.8) is 0 Å². The van der Waals surface area contributed by atoms with Crippen molar-refractivity contribution >= 4 is 0 Å². The van der Waals surface area contributed by atoms with Crippen LogP contribution in [0.2, 0.25) is 0 Å². The van der Waals surface area contributed by atoms with Gasteiger partial charge in [-0.05, 0) is 25.7 Å². The zero-order chi connectivity index (χ0) is 7.84. The van der Waals surface area contributed by atoms with Gasteiger partial charge in [-0.1, -0.05) is 6.58 Å². The zero-order valence-corrected chi connectivity index (χ0v) is 6.79. The third-order valence-corrected chi connectivity index (χ3v) is 2.80. The summed E-state index contributed by atoms with van der Waals surface area (Å²) in [5.74, 6) is 0. The standard InChI is InChI=1S/C9H15NO/c1-7-3-2-4-10(7)8-5-9(11)6-8/h8-9,11H,1-6H2.